The van der Waals surface area contributed by atoms with Crippen LogP contribution in [-0.2, 0) is 4.79 Å². The molecule has 2 atom stereocenters. The second kappa shape index (κ2) is 8.59. The molecule has 140 valence electrons. The van der Waals surface area contributed by atoms with Gasteiger partial charge in [-0.2, -0.15) is 5.10 Å². The van der Waals surface area contributed by atoms with Gasteiger partial charge in [-0.05, 0) is 43.7 Å². The molecule has 0 bridgehead atoms. The van der Waals surface area contributed by atoms with E-state index in [9.17, 15) is 4.79 Å². The van der Waals surface area contributed by atoms with Crippen LogP contribution in [0.25, 0.3) is 5.69 Å². The molecule has 0 aliphatic carbocycles. The summed E-state index contributed by atoms with van der Waals surface area (Å²) in [6.07, 6.45) is 3.16. The van der Waals surface area contributed by atoms with Crippen LogP contribution in [0.1, 0.15) is 25.5 Å². The molecule has 0 aliphatic rings. The summed E-state index contributed by atoms with van der Waals surface area (Å²) in [5.74, 6) is 0.0628. The smallest absolute Gasteiger partial charge is 0.236 e. The fraction of sp³-hybridized carbons (Fsp3) is 0.250. The first-order valence-electron chi connectivity index (χ1n) is 8.60. The first-order chi connectivity index (χ1) is 13.0. The molecule has 0 fully saturated rings. The lowest BCUT2D eigenvalue weighted by Gasteiger charge is -2.28. The average molecular weight is 401 g/mol. The average Bonchev–Trinajstić information content (AvgIpc) is 3.23. The second-order valence-electron chi connectivity index (χ2n) is 6.25. The fourth-order valence-corrected chi connectivity index (χ4v) is 3.98. The number of benzene rings is 2. The first-order valence-corrected chi connectivity index (χ1v) is 9.86. The third kappa shape index (κ3) is 4.51. The number of hydrogen-bond acceptors (Lipinski definition) is 4. The van der Waals surface area contributed by atoms with Crippen molar-refractivity contribution in [3.05, 3.63) is 71.8 Å². The number of nitrogens with zero attached hydrogens (tertiary/aromatic N) is 4. The number of carbonyl (C=O) groups excluding carboxylic acids is 1. The first kappa shape index (κ1) is 19.5. The second-order valence-corrected chi connectivity index (χ2v) is 8.04. The van der Waals surface area contributed by atoms with E-state index in [1.54, 1.807) is 15.9 Å². The van der Waals surface area contributed by atoms with Crippen molar-refractivity contribution in [3.63, 3.8) is 0 Å². The highest BCUT2D eigenvalue weighted by Crippen LogP contribution is 2.32. The van der Waals surface area contributed by atoms with Crippen LogP contribution in [0.15, 0.2) is 66.1 Å². The van der Waals surface area contributed by atoms with Crippen LogP contribution in [0, 0.1) is 0 Å². The monoisotopic (exact) mass is 400 g/mol. The van der Waals surface area contributed by atoms with Gasteiger partial charge in [0.2, 0.25) is 5.91 Å². The molecule has 3 rings (SSSR count). The van der Waals surface area contributed by atoms with Crippen LogP contribution in [-0.4, -0.2) is 37.9 Å². The van der Waals surface area contributed by atoms with Gasteiger partial charge in [0, 0.05) is 11.9 Å². The molecule has 0 radical (unpaired) electrons. The van der Waals surface area contributed by atoms with E-state index in [-0.39, 0.29) is 17.2 Å². The lowest BCUT2D eigenvalue weighted by Crippen LogP contribution is -2.35. The van der Waals surface area contributed by atoms with Gasteiger partial charge in [-0.3, -0.25) is 4.79 Å². The largest absolute Gasteiger partial charge is 0.338 e. The number of amides is 1. The lowest BCUT2D eigenvalue weighted by molar-refractivity contribution is -0.130. The SMILES string of the molecule is CC(Sc1ccccc1Cl)C(=O)N(C)C(C)c1ccc(-n2cncn2)cc1. The Labute approximate surface area is 168 Å². The van der Waals surface area contributed by atoms with Crippen LogP contribution >= 0.6 is 23.4 Å². The number of thioether (sulfide) groups is 1. The minimum atomic E-state index is -0.230. The predicted octanol–water partition coefficient (Wildman–Crippen LogP) is 4.62. The number of rotatable bonds is 6. The van der Waals surface area contributed by atoms with Crippen LogP contribution in [0.4, 0.5) is 0 Å². The highest BCUT2D eigenvalue weighted by atomic mass is 35.5. The molecular formula is C20H21ClN4OS. The summed E-state index contributed by atoms with van der Waals surface area (Å²) in [5.41, 5.74) is 1.99. The van der Waals surface area contributed by atoms with Crippen molar-refractivity contribution in [2.45, 2.75) is 30.0 Å². The maximum absolute atomic E-state index is 12.9. The Hall–Kier alpha value is -2.31. The normalized spacial score (nSPS) is 13.2. The Morgan fingerprint density at radius 2 is 1.85 bits per heavy atom. The molecule has 2 aromatic carbocycles. The minimum absolute atomic E-state index is 0.0448. The van der Waals surface area contributed by atoms with E-state index in [1.165, 1.54) is 18.1 Å². The highest BCUT2D eigenvalue weighted by molar-refractivity contribution is 8.00. The van der Waals surface area contributed by atoms with Gasteiger partial charge in [-0.1, -0.05) is 35.9 Å². The molecule has 3 aromatic rings. The van der Waals surface area contributed by atoms with Crippen LogP contribution < -0.4 is 0 Å². The molecular weight excluding hydrogens is 380 g/mol. The molecule has 0 saturated carbocycles. The number of aromatic nitrogens is 3. The van der Waals surface area contributed by atoms with Gasteiger partial charge in [0.15, 0.2) is 0 Å². The summed E-state index contributed by atoms with van der Waals surface area (Å²) in [5, 5.41) is 4.56. The van der Waals surface area contributed by atoms with Gasteiger partial charge in [-0.15, -0.1) is 11.8 Å². The molecule has 1 heterocycles. The highest BCUT2D eigenvalue weighted by Gasteiger charge is 2.24. The van der Waals surface area contributed by atoms with E-state index in [0.717, 1.165) is 16.1 Å². The predicted molar refractivity (Wildman–Crippen MR) is 109 cm³/mol. The summed E-state index contributed by atoms with van der Waals surface area (Å²) in [4.78, 5) is 19.5. The maximum atomic E-state index is 12.9. The molecule has 5 nitrogen and oxygen atoms in total. The van der Waals surface area contributed by atoms with Crippen LogP contribution in [0.2, 0.25) is 5.02 Å². The van der Waals surface area contributed by atoms with Crippen molar-refractivity contribution in [2.75, 3.05) is 7.05 Å². The fourth-order valence-electron chi connectivity index (χ4n) is 2.73. The van der Waals surface area contributed by atoms with Gasteiger partial charge in [-0.25, -0.2) is 9.67 Å². The minimum Gasteiger partial charge on any atom is -0.338 e. The molecule has 0 saturated heterocycles. The zero-order valence-corrected chi connectivity index (χ0v) is 17.0. The molecule has 0 N–H and O–H groups in total. The zero-order chi connectivity index (χ0) is 19.4. The summed E-state index contributed by atoms with van der Waals surface area (Å²) in [6.45, 7) is 3.93. The Morgan fingerprint density at radius 3 is 2.48 bits per heavy atom. The molecule has 1 aromatic heterocycles. The molecule has 0 aliphatic heterocycles. The van der Waals surface area contributed by atoms with Gasteiger partial charge in [0.25, 0.3) is 0 Å². The molecule has 7 heteroatoms. The molecule has 0 spiro atoms. The number of hydrogen-bond donors (Lipinski definition) is 0. The summed E-state index contributed by atoms with van der Waals surface area (Å²) >= 11 is 7.69. The van der Waals surface area contributed by atoms with Crippen molar-refractivity contribution in [1.29, 1.82) is 0 Å². The third-order valence-electron chi connectivity index (χ3n) is 4.48. The third-order valence-corrected chi connectivity index (χ3v) is 6.08. The van der Waals surface area contributed by atoms with E-state index in [0.29, 0.717) is 5.02 Å². The van der Waals surface area contributed by atoms with Gasteiger partial charge in [0.05, 0.1) is 22.0 Å². The van der Waals surface area contributed by atoms with Crippen molar-refractivity contribution in [1.82, 2.24) is 19.7 Å². The van der Waals surface area contributed by atoms with Gasteiger partial charge in [0.1, 0.15) is 12.7 Å². The Morgan fingerprint density at radius 1 is 1.15 bits per heavy atom. The maximum Gasteiger partial charge on any atom is 0.236 e. The van der Waals surface area contributed by atoms with Crippen LogP contribution in [0.5, 0.6) is 0 Å². The topological polar surface area (TPSA) is 51.0 Å². The zero-order valence-electron chi connectivity index (χ0n) is 15.4. The van der Waals surface area contributed by atoms with E-state index in [1.807, 2.05) is 69.4 Å². The number of carbonyl (C=O) groups is 1. The Balaban J connectivity index is 1.67. The van der Waals surface area contributed by atoms with E-state index in [2.05, 4.69) is 10.1 Å². The summed E-state index contributed by atoms with van der Waals surface area (Å²) < 4.78 is 1.70. The van der Waals surface area contributed by atoms with E-state index in [4.69, 9.17) is 11.6 Å². The summed E-state index contributed by atoms with van der Waals surface area (Å²) in [6, 6.07) is 15.5. The van der Waals surface area contributed by atoms with E-state index < -0.39 is 0 Å². The molecule has 27 heavy (non-hydrogen) atoms. The van der Waals surface area contributed by atoms with Crippen molar-refractivity contribution >= 4 is 29.3 Å². The van der Waals surface area contributed by atoms with Crippen molar-refractivity contribution < 1.29 is 4.79 Å². The molecule has 2 unspecified atom stereocenters. The molecule has 1 amide bonds. The van der Waals surface area contributed by atoms with Crippen molar-refractivity contribution in [3.8, 4) is 5.69 Å². The lowest BCUT2D eigenvalue weighted by atomic mass is 10.1. The Kier molecular flexibility index (Phi) is 6.19. The van der Waals surface area contributed by atoms with Crippen LogP contribution in [0.3, 0.4) is 0 Å². The van der Waals surface area contributed by atoms with E-state index >= 15 is 0 Å². The van der Waals surface area contributed by atoms with Crippen molar-refractivity contribution in [2.24, 2.45) is 0 Å². The van der Waals surface area contributed by atoms with Gasteiger partial charge >= 0.3 is 0 Å². The quantitative estimate of drug-likeness (QED) is 0.566. The Bertz CT molecular complexity index is 899. The summed E-state index contributed by atoms with van der Waals surface area (Å²) in [7, 11) is 1.84. The van der Waals surface area contributed by atoms with Gasteiger partial charge < -0.3 is 4.90 Å². The number of halogens is 1. The standard InChI is InChI=1S/C20H21ClN4OS/c1-14(16-8-10-17(11-9-16)25-13-22-12-23-25)24(3)20(26)15(2)27-19-7-5-4-6-18(19)21/h4-15H,1-3H3.